The number of methoxy groups -OCH3 is 1. The first kappa shape index (κ1) is 14.6. The van der Waals surface area contributed by atoms with E-state index in [4.69, 9.17) is 9.26 Å². The predicted octanol–water partition coefficient (Wildman–Crippen LogP) is 3.23. The third-order valence-corrected chi connectivity index (χ3v) is 4.42. The summed E-state index contributed by atoms with van der Waals surface area (Å²) in [5.41, 5.74) is 0. The number of halogens is 1. The highest BCUT2D eigenvalue weighted by molar-refractivity contribution is 9.11. The molecule has 1 atom stereocenters. The lowest BCUT2D eigenvalue weighted by Gasteiger charge is -2.20. The number of hydrogen-bond acceptors (Lipinski definition) is 6. The van der Waals surface area contributed by atoms with Crippen LogP contribution in [0.5, 0.6) is 0 Å². The summed E-state index contributed by atoms with van der Waals surface area (Å²) in [5, 5.41) is 3.88. The number of aromatic nitrogens is 2. The molecule has 2 heterocycles. The maximum atomic E-state index is 5.25. The van der Waals surface area contributed by atoms with E-state index < -0.39 is 0 Å². The van der Waals surface area contributed by atoms with Crippen molar-refractivity contribution in [2.75, 3.05) is 14.2 Å². The van der Waals surface area contributed by atoms with Crippen LogP contribution in [-0.2, 0) is 17.9 Å². The average molecular weight is 346 g/mol. The van der Waals surface area contributed by atoms with Gasteiger partial charge in [-0.05, 0) is 42.0 Å². The van der Waals surface area contributed by atoms with Crippen molar-refractivity contribution in [3.63, 3.8) is 0 Å². The molecule has 0 bridgehead atoms. The molecule has 7 heteroatoms. The van der Waals surface area contributed by atoms with Crippen molar-refractivity contribution in [1.82, 2.24) is 15.0 Å². The molecule has 0 fully saturated rings. The van der Waals surface area contributed by atoms with Crippen molar-refractivity contribution in [3.05, 3.63) is 32.5 Å². The maximum Gasteiger partial charge on any atom is 0.243 e. The molecule has 0 aliphatic carbocycles. The smallest absolute Gasteiger partial charge is 0.243 e. The molecule has 0 N–H and O–H groups in total. The SMILES string of the molecule is COCc1noc(C(C)N(C)Cc2ccc(Br)s2)n1. The molecule has 0 radical (unpaired) electrons. The van der Waals surface area contributed by atoms with Crippen LogP contribution < -0.4 is 0 Å². The van der Waals surface area contributed by atoms with Crippen LogP contribution in [0.1, 0.15) is 29.6 Å². The molecular formula is C12H16BrN3O2S. The van der Waals surface area contributed by atoms with Crippen LogP contribution in [0.3, 0.4) is 0 Å². The molecule has 19 heavy (non-hydrogen) atoms. The summed E-state index contributed by atoms with van der Waals surface area (Å²) in [7, 11) is 3.65. The van der Waals surface area contributed by atoms with Gasteiger partial charge in [0.25, 0.3) is 0 Å². The van der Waals surface area contributed by atoms with Crippen molar-refractivity contribution in [2.45, 2.75) is 26.1 Å². The van der Waals surface area contributed by atoms with Crippen molar-refractivity contribution in [2.24, 2.45) is 0 Å². The Morgan fingerprint density at radius 3 is 2.95 bits per heavy atom. The lowest BCUT2D eigenvalue weighted by atomic mass is 10.3. The standard InChI is InChI=1S/C12H16BrN3O2S/c1-8(12-14-11(7-17-3)15-18-12)16(2)6-9-4-5-10(13)19-9/h4-5,8H,6-7H2,1-3H3. The monoisotopic (exact) mass is 345 g/mol. The highest BCUT2D eigenvalue weighted by Crippen LogP contribution is 2.26. The first-order chi connectivity index (χ1) is 9.10. The zero-order chi connectivity index (χ0) is 13.8. The molecule has 0 saturated heterocycles. The predicted molar refractivity (Wildman–Crippen MR) is 76.9 cm³/mol. The van der Waals surface area contributed by atoms with Gasteiger partial charge >= 0.3 is 0 Å². The Kier molecular flexibility index (Phi) is 5.09. The Morgan fingerprint density at radius 2 is 2.32 bits per heavy atom. The molecular weight excluding hydrogens is 330 g/mol. The van der Waals surface area contributed by atoms with Crippen LogP contribution in [-0.4, -0.2) is 29.2 Å². The highest BCUT2D eigenvalue weighted by Gasteiger charge is 2.19. The molecule has 0 aliphatic rings. The fraction of sp³-hybridized carbons (Fsp3) is 0.500. The van der Waals surface area contributed by atoms with Crippen LogP contribution in [0.15, 0.2) is 20.4 Å². The van der Waals surface area contributed by atoms with Crippen LogP contribution in [0.2, 0.25) is 0 Å². The van der Waals surface area contributed by atoms with E-state index in [2.05, 4.69) is 43.1 Å². The van der Waals surface area contributed by atoms with E-state index in [1.54, 1.807) is 18.4 Å². The van der Waals surface area contributed by atoms with E-state index in [1.807, 2.05) is 14.0 Å². The van der Waals surface area contributed by atoms with Crippen LogP contribution in [0.4, 0.5) is 0 Å². The van der Waals surface area contributed by atoms with Gasteiger partial charge in [0, 0.05) is 18.5 Å². The number of rotatable bonds is 6. The molecule has 0 aromatic carbocycles. The van der Waals surface area contributed by atoms with E-state index in [-0.39, 0.29) is 6.04 Å². The third-order valence-electron chi connectivity index (χ3n) is 2.81. The van der Waals surface area contributed by atoms with E-state index in [1.165, 1.54) is 4.88 Å². The van der Waals surface area contributed by atoms with Gasteiger partial charge < -0.3 is 9.26 Å². The molecule has 5 nitrogen and oxygen atoms in total. The fourth-order valence-corrected chi connectivity index (χ4v) is 3.18. The summed E-state index contributed by atoms with van der Waals surface area (Å²) >= 11 is 5.20. The normalized spacial score (nSPS) is 13.1. The summed E-state index contributed by atoms with van der Waals surface area (Å²) in [6.45, 7) is 3.27. The van der Waals surface area contributed by atoms with Crippen molar-refractivity contribution >= 4 is 27.3 Å². The van der Waals surface area contributed by atoms with Crippen molar-refractivity contribution in [1.29, 1.82) is 0 Å². The number of thiophene rings is 1. The second kappa shape index (κ2) is 6.60. The highest BCUT2D eigenvalue weighted by atomic mass is 79.9. The Labute approximate surface area is 124 Å². The Morgan fingerprint density at radius 1 is 1.53 bits per heavy atom. The second-order valence-electron chi connectivity index (χ2n) is 4.28. The zero-order valence-corrected chi connectivity index (χ0v) is 13.5. The fourth-order valence-electron chi connectivity index (χ4n) is 1.63. The minimum absolute atomic E-state index is 0.0685. The quantitative estimate of drug-likeness (QED) is 0.804. The van der Waals surface area contributed by atoms with Gasteiger partial charge in [-0.15, -0.1) is 11.3 Å². The minimum atomic E-state index is 0.0685. The third kappa shape index (κ3) is 3.85. The van der Waals surface area contributed by atoms with Gasteiger partial charge in [-0.1, -0.05) is 5.16 Å². The van der Waals surface area contributed by atoms with Gasteiger partial charge in [0.1, 0.15) is 6.61 Å². The Balaban J connectivity index is 1.99. The maximum absolute atomic E-state index is 5.25. The molecule has 0 spiro atoms. The van der Waals surface area contributed by atoms with E-state index in [0.29, 0.717) is 18.3 Å². The van der Waals surface area contributed by atoms with Gasteiger partial charge in [-0.3, -0.25) is 4.90 Å². The molecule has 2 aromatic rings. The van der Waals surface area contributed by atoms with Gasteiger partial charge in [-0.25, -0.2) is 0 Å². The van der Waals surface area contributed by atoms with Gasteiger partial charge in [0.15, 0.2) is 5.82 Å². The first-order valence-corrected chi connectivity index (χ1v) is 7.47. The summed E-state index contributed by atoms with van der Waals surface area (Å²) in [4.78, 5) is 7.78. The van der Waals surface area contributed by atoms with Crippen LogP contribution in [0.25, 0.3) is 0 Å². The topological polar surface area (TPSA) is 51.4 Å². The van der Waals surface area contributed by atoms with Crippen molar-refractivity contribution in [3.8, 4) is 0 Å². The molecule has 0 aliphatic heterocycles. The lowest BCUT2D eigenvalue weighted by molar-refractivity contribution is 0.173. The molecule has 2 aromatic heterocycles. The summed E-state index contributed by atoms with van der Waals surface area (Å²) < 4.78 is 11.4. The Bertz CT molecular complexity index is 529. The molecule has 0 saturated carbocycles. The minimum Gasteiger partial charge on any atom is -0.377 e. The molecule has 1 unspecified atom stereocenters. The molecule has 2 rings (SSSR count). The average Bonchev–Trinajstić information content (AvgIpc) is 2.98. The van der Waals surface area contributed by atoms with Gasteiger partial charge in [0.2, 0.25) is 5.89 Å². The number of ether oxygens (including phenoxy) is 1. The second-order valence-corrected chi connectivity index (χ2v) is 6.83. The zero-order valence-electron chi connectivity index (χ0n) is 11.1. The molecule has 0 amide bonds. The van der Waals surface area contributed by atoms with Crippen molar-refractivity contribution < 1.29 is 9.26 Å². The van der Waals surface area contributed by atoms with E-state index in [0.717, 1.165) is 10.3 Å². The molecule has 104 valence electrons. The summed E-state index contributed by atoms with van der Waals surface area (Å²) in [6, 6.07) is 4.24. The largest absolute Gasteiger partial charge is 0.377 e. The number of nitrogens with zero attached hydrogens (tertiary/aromatic N) is 3. The van der Waals surface area contributed by atoms with Crippen LogP contribution >= 0.6 is 27.3 Å². The van der Waals surface area contributed by atoms with E-state index in [9.17, 15) is 0 Å². The first-order valence-electron chi connectivity index (χ1n) is 5.86. The Hall–Kier alpha value is -0.760. The summed E-state index contributed by atoms with van der Waals surface area (Å²) in [6.07, 6.45) is 0. The van der Waals surface area contributed by atoms with Crippen LogP contribution in [0, 0.1) is 0 Å². The van der Waals surface area contributed by atoms with E-state index >= 15 is 0 Å². The van der Waals surface area contributed by atoms with Gasteiger partial charge in [0.05, 0.1) is 9.83 Å². The van der Waals surface area contributed by atoms with Gasteiger partial charge in [-0.2, -0.15) is 4.98 Å². The summed E-state index contributed by atoms with van der Waals surface area (Å²) in [5.74, 6) is 1.20. The lowest BCUT2D eigenvalue weighted by Crippen LogP contribution is -2.21. The number of hydrogen-bond donors (Lipinski definition) is 0.